The van der Waals surface area contributed by atoms with Crippen LogP contribution in [-0.4, -0.2) is 5.11 Å². The van der Waals surface area contributed by atoms with Crippen molar-refractivity contribution >= 4 is 44.8 Å². The Labute approximate surface area is 124 Å². The molecule has 0 aliphatic carbocycles. The summed E-state index contributed by atoms with van der Waals surface area (Å²) >= 11 is 15.5. The maximum atomic E-state index is 9.19. The quantitative estimate of drug-likeness (QED) is 0.760. The second-order valence-electron chi connectivity index (χ2n) is 3.74. The van der Waals surface area contributed by atoms with E-state index in [1.807, 2.05) is 24.3 Å². The summed E-state index contributed by atoms with van der Waals surface area (Å²) in [5, 5.41) is 13.4. The Bertz CT molecular complexity index is 558. The summed E-state index contributed by atoms with van der Waals surface area (Å²) in [4.78, 5) is 0. The van der Waals surface area contributed by atoms with E-state index >= 15 is 0 Å². The molecule has 2 rings (SSSR count). The number of anilines is 1. The zero-order valence-electron chi connectivity index (χ0n) is 9.25. The summed E-state index contributed by atoms with van der Waals surface area (Å²) in [6, 6.07) is 10.7. The lowest BCUT2D eigenvalue weighted by molar-refractivity contribution is 0.475. The number of halogens is 3. The third-order valence-electron chi connectivity index (χ3n) is 2.45. The van der Waals surface area contributed by atoms with E-state index in [9.17, 15) is 5.11 Å². The number of nitrogens with one attached hydrogen (secondary N) is 1. The van der Waals surface area contributed by atoms with Gasteiger partial charge in [-0.3, -0.25) is 0 Å². The Morgan fingerprint density at radius 3 is 2.33 bits per heavy atom. The van der Waals surface area contributed by atoms with E-state index < -0.39 is 0 Å². The molecule has 2 nitrogen and oxygen atoms in total. The average Bonchev–Trinajstić information content (AvgIpc) is 2.37. The van der Waals surface area contributed by atoms with Gasteiger partial charge in [0.2, 0.25) is 0 Å². The zero-order chi connectivity index (χ0) is 13.1. The Balaban J connectivity index is 2.11. The lowest BCUT2D eigenvalue weighted by atomic mass is 10.2. The minimum absolute atomic E-state index is 0.253. The summed E-state index contributed by atoms with van der Waals surface area (Å²) in [6.07, 6.45) is 0. The molecule has 0 radical (unpaired) electrons. The van der Waals surface area contributed by atoms with Gasteiger partial charge in [0.1, 0.15) is 5.75 Å². The van der Waals surface area contributed by atoms with Crippen LogP contribution in [-0.2, 0) is 6.54 Å². The zero-order valence-corrected chi connectivity index (χ0v) is 12.4. The van der Waals surface area contributed by atoms with E-state index in [-0.39, 0.29) is 5.75 Å². The Kier molecular flexibility index (Phi) is 4.38. The summed E-state index contributed by atoms with van der Waals surface area (Å²) in [5.74, 6) is 0.253. The van der Waals surface area contributed by atoms with Crippen molar-refractivity contribution in [1.82, 2.24) is 0 Å². The summed E-state index contributed by atoms with van der Waals surface area (Å²) in [7, 11) is 0. The number of benzene rings is 2. The van der Waals surface area contributed by atoms with Crippen LogP contribution in [0.3, 0.4) is 0 Å². The van der Waals surface area contributed by atoms with E-state index in [1.165, 1.54) is 0 Å². The molecule has 0 unspecified atom stereocenters. The van der Waals surface area contributed by atoms with Crippen LogP contribution in [0.4, 0.5) is 5.69 Å². The van der Waals surface area contributed by atoms with Gasteiger partial charge in [0, 0.05) is 11.0 Å². The van der Waals surface area contributed by atoms with Crippen LogP contribution in [0.1, 0.15) is 5.56 Å². The second-order valence-corrected chi connectivity index (χ2v) is 5.35. The monoisotopic (exact) mass is 345 g/mol. The van der Waals surface area contributed by atoms with Gasteiger partial charge in [-0.15, -0.1) is 0 Å². The fraction of sp³-hybridized carbons (Fsp3) is 0.0769. The van der Waals surface area contributed by atoms with Crippen molar-refractivity contribution in [1.29, 1.82) is 0 Å². The minimum atomic E-state index is 0.253. The first-order valence-corrected chi connectivity index (χ1v) is 6.78. The Morgan fingerprint density at radius 2 is 1.67 bits per heavy atom. The second kappa shape index (κ2) is 5.83. The Morgan fingerprint density at radius 1 is 1.00 bits per heavy atom. The maximum absolute atomic E-state index is 9.19. The molecule has 0 amide bonds. The van der Waals surface area contributed by atoms with E-state index in [1.54, 1.807) is 12.1 Å². The van der Waals surface area contributed by atoms with Crippen molar-refractivity contribution in [2.45, 2.75) is 6.54 Å². The molecule has 2 aromatic rings. The largest absolute Gasteiger partial charge is 0.508 e. The highest BCUT2D eigenvalue weighted by molar-refractivity contribution is 9.10. The van der Waals surface area contributed by atoms with Crippen molar-refractivity contribution in [3.63, 3.8) is 0 Å². The minimum Gasteiger partial charge on any atom is -0.508 e. The molecular formula is C13H10BrCl2NO. The molecular weight excluding hydrogens is 337 g/mol. The van der Waals surface area contributed by atoms with Gasteiger partial charge >= 0.3 is 0 Å². The molecule has 0 aliphatic rings. The molecule has 94 valence electrons. The van der Waals surface area contributed by atoms with Crippen molar-refractivity contribution in [3.05, 3.63) is 56.5 Å². The van der Waals surface area contributed by atoms with Crippen LogP contribution < -0.4 is 5.32 Å². The molecule has 0 spiro atoms. The van der Waals surface area contributed by atoms with Crippen LogP contribution in [0, 0.1) is 0 Å². The predicted molar refractivity (Wildman–Crippen MR) is 79.6 cm³/mol. The van der Waals surface area contributed by atoms with Gasteiger partial charge in [-0.05, 0) is 45.8 Å². The number of hydrogen-bond donors (Lipinski definition) is 2. The van der Waals surface area contributed by atoms with Gasteiger partial charge in [0.05, 0.1) is 15.7 Å². The van der Waals surface area contributed by atoms with E-state index in [2.05, 4.69) is 21.2 Å². The van der Waals surface area contributed by atoms with E-state index in [0.717, 1.165) is 15.7 Å². The number of phenolic OH excluding ortho intramolecular Hbond substituents is 1. The number of rotatable bonds is 3. The molecule has 0 saturated heterocycles. The van der Waals surface area contributed by atoms with Crippen molar-refractivity contribution < 1.29 is 5.11 Å². The van der Waals surface area contributed by atoms with E-state index in [0.29, 0.717) is 16.6 Å². The Hall–Kier alpha value is -0.900. The van der Waals surface area contributed by atoms with Gasteiger partial charge in [-0.2, -0.15) is 0 Å². The third kappa shape index (κ3) is 3.10. The molecule has 0 aliphatic heterocycles. The van der Waals surface area contributed by atoms with Gasteiger partial charge < -0.3 is 10.4 Å². The molecule has 0 aromatic heterocycles. The molecule has 0 atom stereocenters. The fourth-order valence-corrected chi connectivity index (χ4v) is 2.31. The van der Waals surface area contributed by atoms with Gasteiger partial charge in [0.25, 0.3) is 0 Å². The standard InChI is InChI=1S/C13H10BrCl2NO/c14-10-5-6-11(13(16)12(10)15)17-7-8-1-3-9(18)4-2-8/h1-6,17-18H,7H2. The SMILES string of the molecule is Oc1ccc(CNc2ccc(Br)c(Cl)c2Cl)cc1. The molecule has 18 heavy (non-hydrogen) atoms. The highest BCUT2D eigenvalue weighted by Gasteiger charge is 2.07. The smallest absolute Gasteiger partial charge is 0.115 e. The van der Waals surface area contributed by atoms with Crippen molar-refractivity contribution in [3.8, 4) is 5.75 Å². The first-order valence-electron chi connectivity index (χ1n) is 5.23. The number of aromatic hydroxyl groups is 1. The lowest BCUT2D eigenvalue weighted by Gasteiger charge is -2.10. The third-order valence-corrected chi connectivity index (χ3v) is 4.23. The van der Waals surface area contributed by atoms with Crippen LogP contribution >= 0.6 is 39.1 Å². The van der Waals surface area contributed by atoms with Gasteiger partial charge in [0.15, 0.2) is 0 Å². The van der Waals surface area contributed by atoms with Crippen molar-refractivity contribution in [2.75, 3.05) is 5.32 Å². The van der Waals surface area contributed by atoms with Crippen LogP contribution in [0.5, 0.6) is 5.75 Å². The first-order chi connectivity index (χ1) is 8.58. The molecule has 0 bridgehead atoms. The first kappa shape index (κ1) is 13.5. The van der Waals surface area contributed by atoms with Crippen LogP contribution in [0.15, 0.2) is 40.9 Å². The topological polar surface area (TPSA) is 32.3 Å². The van der Waals surface area contributed by atoms with Crippen LogP contribution in [0.25, 0.3) is 0 Å². The highest BCUT2D eigenvalue weighted by atomic mass is 79.9. The predicted octanol–water partition coefficient (Wildman–Crippen LogP) is 5.07. The molecule has 0 fully saturated rings. The fourth-order valence-electron chi connectivity index (χ4n) is 1.47. The summed E-state index contributed by atoms with van der Waals surface area (Å²) in [5.41, 5.74) is 1.82. The molecule has 0 saturated carbocycles. The molecule has 2 N–H and O–H groups in total. The molecule has 5 heteroatoms. The number of phenols is 1. The average molecular weight is 347 g/mol. The maximum Gasteiger partial charge on any atom is 0.115 e. The van der Waals surface area contributed by atoms with Gasteiger partial charge in [-0.25, -0.2) is 0 Å². The molecule has 0 heterocycles. The number of hydrogen-bond acceptors (Lipinski definition) is 2. The van der Waals surface area contributed by atoms with Crippen molar-refractivity contribution in [2.24, 2.45) is 0 Å². The molecule has 2 aromatic carbocycles. The van der Waals surface area contributed by atoms with E-state index in [4.69, 9.17) is 23.2 Å². The summed E-state index contributed by atoms with van der Waals surface area (Å²) < 4.78 is 0.768. The highest BCUT2D eigenvalue weighted by Crippen LogP contribution is 2.35. The lowest BCUT2D eigenvalue weighted by Crippen LogP contribution is -1.99. The van der Waals surface area contributed by atoms with Crippen LogP contribution in [0.2, 0.25) is 10.0 Å². The normalized spacial score (nSPS) is 10.4. The van der Waals surface area contributed by atoms with Gasteiger partial charge in [-0.1, -0.05) is 35.3 Å². The summed E-state index contributed by atoms with van der Waals surface area (Å²) in [6.45, 7) is 0.609.